The number of thioether (sulfide) groups is 2. The number of fused-ring (bicyclic) bond motifs is 1. The smallest absolute Gasteiger partial charge is 0.167 e. The van der Waals surface area contributed by atoms with E-state index in [0.29, 0.717) is 0 Å². The molecular formula is C18H17NO2S2. The van der Waals surface area contributed by atoms with E-state index in [1.54, 1.807) is 7.11 Å². The van der Waals surface area contributed by atoms with Crippen LogP contribution in [0.4, 0.5) is 0 Å². The van der Waals surface area contributed by atoms with Crippen LogP contribution in [0.5, 0.6) is 5.75 Å². The Kier molecular flexibility index (Phi) is 3.99. The number of ether oxygens (including phenoxy) is 1. The van der Waals surface area contributed by atoms with Gasteiger partial charge in [0.25, 0.3) is 0 Å². The second kappa shape index (κ2) is 6.13. The van der Waals surface area contributed by atoms with Gasteiger partial charge in [-0.1, -0.05) is 29.4 Å². The Bertz CT molecular complexity index is 807. The van der Waals surface area contributed by atoms with Crippen molar-refractivity contribution < 1.29 is 9.26 Å². The summed E-state index contributed by atoms with van der Waals surface area (Å²) in [5.74, 6) is 3.13. The first-order valence-corrected chi connectivity index (χ1v) is 9.58. The van der Waals surface area contributed by atoms with E-state index in [1.807, 2.05) is 53.9 Å². The molecule has 5 heteroatoms. The van der Waals surface area contributed by atoms with E-state index in [2.05, 4.69) is 23.4 Å². The highest BCUT2D eigenvalue weighted by Crippen LogP contribution is 2.55. The molecule has 1 fully saturated rings. The number of hydrogen-bond acceptors (Lipinski definition) is 5. The third-order valence-corrected chi connectivity index (χ3v) is 7.42. The molecule has 0 radical (unpaired) electrons. The van der Waals surface area contributed by atoms with E-state index in [4.69, 9.17) is 9.26 Å². The fraction of sp³-hybridized carbons (Fsp3) is 0.278. The number of hydrogen-bond donors (Lipinski definition) is 0. The molecule has 0 amide bonds. The van der Waals surface area contributed by atoms with Crippen LogP contribution in [-0.4, -0.2) is 23.8 Å². The molecule has 0 saturated carbocycles. The Hall–Kier alpha value is -1.59. The zero-order valence-corrected chi connectivity index (χ0v) is 14.5. The van der Waals surface area contributed by atoms with Crippen LogP contribution in [0.3, 0.4) is 0 Å². The van der Waals surface area contributed by atoms with Gasteiger partial charge >= 0.3 is 0 Å². The zero-order chi connectivity index (χ0) is 15.7. The van der Waals surface area contributed by atoms with E-state index in [-0.39, 0.29) is 4.08 Å². The number of para-hydroxylation sites is 1. The number of aromatic nitrogens is 1. The number of benzene rings is 2. The van der Waals surface area contributed by atoms with E-state index in [0.717, 1.165) is 33.9 Å². The van der Waals surface area contributed by atoms with Gasteiger partial charge in [0.15, 0.2) is 5.58 Å². The minimum Gasteiger partial charge on any atom is -0.497 e. The topological polar surface area (TPSA) is 35.3 Å². The van der Waals surface area contributed by atoms with Gasteiger partial charge in [0.05, 0.1) is 7.11 Å². The minimum absolute atomic E-state index is 0.211. The minimum atomic E-state index is -0.211. The highest BCUT2D eigenvalue weighted by Gasteiger charge is 2.41. The summed E-state index contributed by atoms with van der Waals surface area (Å²) in [4.78, 5) is 0. The third kappa shape index (κ3) is 2.52. The van der Waals surface area contributed by atoms with Gasteiger partial charge in [-0.3, -0.25) is 0 Å². The molecule has 2 aromatic carbocycles. The molecule has 1 aromatic heterocycles. The molecule has 3 aromatic rings. The summed E-state index contributed by atoms with van der Waals surface area (Å²) >= 11 is 3.90. The predicted octanol–water partition coefficient (Wildman–Crippen LogP) is 4.91. The molecule has 0 atom stereocenters. The molecule has 0 spiro atoms. The van der Waals surface area contributed by atoms with Gasteiger partial charge in [-0.2, -0.15) is 0 Å². The first kappa shape index (κ1) is 15.0. The number of nitrogens with zero attached hydrogens (tertiary/aromatic N) is 1. The van der Waals surface area contributed by atoms with E-state index in [1.165, 1.54) is 12.0 Å². The molecule has 0 N–H and O–H groups in total. The zero-order valence-electron chi connectivity index (χ0n) is 12.8. The quantitative estimate of drug-likeness (QED) is 0.675. The molecule has 3 nitrogen and oxygen atoms in total. The van der Waals surface area contributed by atoms with Crippen molar-refractivity contribution in [2.75, 3.05) is 18.6 Å². The molecule has 1 aliphatic heterocycles. The second-order valence-electron chi connectivity index (χ2n) is 5.42. The molecular weight excluding hydrogens is 326 g/mol. The summed E-state index contributed by atoms with van der Waals surface area (Å²) in [5.41, 5.74) is 3.11. The summed E-state index contributed by atoms with van der Waals surface area (Å²) in [7, 11) is 1.69. The Morgan fingerprint density at radius 3 is 2.52 bits per heavy atom. The number of rotatable bonds is 3. The van der Waals surface area contributed by atoms with Crippen LogP contribution in [0, 0.1) is 0 Å². The molecule has 118 valence electrons. The molecule has 0 aliphatic carbocycles. The van der Waals surface area contributed by atoms with Crippen molar-refractivity contribution in [3.63, 3.8) is 0 Å². The summed E-state index contributed by atoms with van der Waals surface area (Å²) < 4.78 is 10.7. The predicted molar refractivity (Wildman–Crippen MR) is 97.3 cm³/mol. The SMILES string of the molecule is COc1ccc(C2(c3noc4ccccc34)SCCCS2)cc1. The fourth-order valence-corrected chi connectivity index (χ4v) is 6.25. The Morgan fingerprint density at radius 2 is 1.78 bits per heavy atom. The maximum absolute atomic E-state index is 5.59. The maximum Gasteiger partial charge on any atom is 0.167 e. The highest BCUT2D eigenvalue weighted by atomic mass is 32.2. The van der Waals surface area contributed by atoms with Crippen LogP contribution < -0.4 is 4.74 Å². The molecule has 1 saturated heterocycles. The number of methoxy groups -OCH3 is 1. The molecule has 4 rings (SSSR count). The summed E-state index contributed by atoms with van der Waals surface area (Å²) in [6, 6.07) is 16.4. The van der Waals surface area contributed by atoms with Gasteiger partial charge in [-0.15, -0.1) is 23.5 Å². The van der Waals surface area contributed by atoms with Crippen molar-refractivity contribution in [3.05, 3.63) is 59.8 Å². The van der Waals surface area contributed by atoms with Crippen molar-refractivity contribution in [2.45, 2.75) is 10.5 Å². The van der Waals surface area contributed by atoms with Crippen LogP contribution in [0.1, 0.15) is 17.7 Å². The highest BCUT2D eigenvalue weighted by molar-refractivity contribution is 8.18. The lowest BCUT2D eigenvalue weighted by Crippen LogP contribution is -2.25. The Labute approximate surface area is 143 Å². The second-order valence-corrected chi connectivity index (χ2v) is 8.30. The van der Waals surface area contributed by atoms with Crippen LogP contribution in [-0.2, 0) is 4.08 Å². The molecule has 0 bridgehead atoms. The standard InChI is InChI=1S/C18H17NO2S2/c1-20-14-9-7-13(8-10-14)18(22-11-4-12-23-18)17-15-5-2-3-6-16(15)21-19-17/h2-3,5-10H,4,11-12H2,1H3. The summed E-state index contributed by atoms with van der Waals surface area (Å²) in [6.07, 6.45) is 1.23. The summed E-state index contributed by atoms with van der Waals surface area (Å²) in [5, 5.41) is 5.56. The lowest BCUT2D eigenvalue weighted by atomic mass is 10.1. The maximum atomic E-state index is 5.59. The van der Waals surface area contributed by atoms with Gasteiger partial charge in [0, 0.05) is 5.39 Å². The van der Waals surface area contributed by atoms with Crippen molar-refractivity contribution in [3.8, 4) is 5.75 Å². The molecule has 2 heterocycles. The van der Waals surface area contributed by atoms with Crippen LogP contribution in [0.15, 0.2) is 53.1 Å². The third-order valence-electron chi connectivity index (χ3n) is 4.06. The van der Waals surface area contributed by atoms with Crippen molar-refractivity contribution in [1.29, 1.82) is 0 Å². The van der Waals surface area contributed by atoms with Gasteiger partial charge in [-0.05, 0) is 47.8 Å². The normalized spacial score (nSPS) is 17.3. The van der Waals surface area contributed by atoms with Crippen molar-refractivity contribution in [1.82, 2.24) is 5.16 Å². The first-order valence-electron chi connectivity index (χ1n) is 7.61. The van der Waals surface area contributed by atoms with Gasteiger partial charge in [0.2, 0.25) is 0 Å². The van der Waals surface area contributed by atoms with Gasteiger partial charge in [-0.25, -0.2) is 0 Å². The lowest BCUT2D eigenvalue weighted by Gasteiger charge is -2.35. The van der Waals surface area contributed by atoms with Crippen molar-refractivity contribution >= 4 is 34.5 Å². The van der Waals surface area contributed by atoms with E-state index >= 15 is 0 Å². The van der Waals surface area contributed by atoms with Crippen LogP contribution in [0.25, 0.3) is 11.0 Å². The van der Waals surface area contributed by atoms with Crippen LogP contribution >= 0.6 is 23.5 Å². The largest absolute Gasteiger partial charge is 0.497 e. The Balaban J connectivity index is 1.88. The van der Waals surface area contributed by atoms with E-state index < -0.39 is 0 Å². The lowest BCUT2D eigenvalue weighted by molar-refractivity contribution is 0.414. The van der Waals surface area contributed by atoms with E-state index in [9.17, 15) is 0 Å². The monoisotopic (exact) mass is 343 g/mol. The average molecular weight is 343 g/mol. The Morgan fingerprint density at radius 1 is 1.04 bits per heavy atom. The fourth-order valence-electron chi connectivity index (χ4n) is 2.91. The van der Waals surface area contributed by atoms with Gasteiger partial charge in [0.1, 0.15) is 15.5 Å². The molecule has 23 heavy (non-hydrogen) atoms. The molecule has 1 aliphatic rings. The first-order chi connectivity index (χ1) is 11.3. The van der Waals surface area contributed by atoms with Crippen molar-refractivity contribution in [2.24, 2.45) is 0 Å². The summed E-state index contributed by atoms with van der Waals surface area (Å²) in [6.45, 7) is 0. The van der Waals surface area contributed by atoms with Gasteiger partial charge < -0.3 is 9.26 Å². The average Bonchev–Trinajstić information content (AvgIpc) is 3.07. The van der Waals surface area contributed by atoms with Crippen LogP contribution in [0.2, 0.25) is 0 Å². The molecule has 0 unspecified atom stereocenters.